The molecule has 0 amide bonds. The quantitative estimate of drug-likeness (QED) is 0.441. The molecule has 86 valence electrons. The topological polar surface area (TPSA) is 0 Å². The molecule has 0 fully saturated rings. The molecule has 0 heterocycles. The first kappa shape index (κ1) is 19.4. The van der Waals surface area contributed by atoms with Crippen molar-refractivity contribution >= 4 is 0 Å². The van der Waals surface area contributed by atoms with Gasteiger partial charge in [0.2, 0.25) is 0 Å². The lowest BCUT2D eigenvalue weighted by Crippen LogP contribution is -1.61. The van der Waals surface area contributed by atoms with Gasteiger partial charge in [0.05, 0.1) is 0 Å². The third-order valence-corrected chi connectivity index (χ3v) is 1.33. The Hall–Kier alpha value is -1.22. The number of rotatable bonds is 4. The number of terminal acetylenes is 1. The van der Waals surface area contributed by atoms with E-state index in [-0.39, 0.29) is 0 Å². The Bertz CT molecular complexity index is 187. The second-order valence-electron chi connectivity index (χ2n) is 2.62. The van der Waals surface area contributed by atoms with Gasteiger partial charge in [-0.3, -0.25) is 0 Å². The first-order chi connectivity index (χ1) is 7.22. The van der Waals surface area contributed by atoms with Crippen LogP contribution in [0.15, 0.2) is 37.0 Å². The van der Waals surface area contributed by atoms with Crippen LogP contribution >= 0.6 is 0 Å². The molecule has 0 N–H and O–H groups in total. The predicted octanol–water partition coefficient (Wildman–Crippen LogP) is 5.14. The third-order valence-electron chi connectivity index (χ3n) is 1.33. The normalized spacial score (nSPS) is 7.67. The van der Waals surface area contributed by atoms with Gasteiger partial charge < -0.3 is 0 Å². The molecule has 0 aromatic rings. The molecule has 0 rings (SSSR count). The highest BCUT2D eigenvalue weighted by Gasteiger charge is 1.71. The Balaban J connectivity index is -0.000000177. The Kier molecular flexibility index (Phi) is 29.7. The zero-order valence-corrected chi connectivity index (χ0v) is 10.8. The summed E-state index contributed by atoms with van der Waals surface area (Å²) in [5, 5.41) is 0. The molecule has 0 radical (unpaired) electrons. The molecule has 0 unspecified atom stereocenters. The van der Waals surface area contributed by atoms with Crippen molar-refractivity contribution in [3.63, 3.8) is 0 Å². The molecule has 0 aliphatic heterocycles. The van der Waals surface area contributed by atoms with E-state index in [1.54, 1.807) is 18.2 Å². The summed E-state index contributed by atoms with van der Waals surface area (Å²) in [6.45, 7) is 15.4. The lowest BCUT2D eigenvalue weighted by molar-refractivity contribution is 0.772. The van der Waals surface area contributed by atoms with E-state index in [2.05, 4.69) is 32.9 Å². The average molecular weight is 206 g/mol. The fourth-order valence-corrected chi connectivity index (χ4v) is 0.586. The number of hydrogen-bond acceptors (Lipinski definition) is 0. The van der Waals surface area contributed by atoms with Crippen molar-refractivity contribution < 1.29 is 0 Å². The monoisotopic (exact) mass is 206 g/mol. The standard InChI is InChI=1S/C8H8.C5H12.C2H6/c1-4-6-7-8(3)5-2;1-3-5-4-2;1-2/h2,4,6-7H,1,3H2;3-5H2,1-2H3;1-2H3/b7-6-;;. The Morgan fingerprint density at radius 1 is 1.27 bits per heavy atom. The largest absolute Gasteiger partial charge is 0.115 e. The zero-order chi connectivity index (χ0) is 12.5. The number of unbranched alkanes of at least 4 members (excludes halogenated alkanes) is 2. The predicted molar refractivity (Wildman–Crippen MR) is 73.9 cm³/mol. The van der Waals surface area contributed by atoms with E-state index in [9.17, 15) is 0 Å². The van der Waals surface area contributed by atoms with Gasteiger partial charge in [-0.15, -0.1) is 6.42 Å². The zero-order valence-electron chi connectivity index (χ0n) is 10.8. The lowest BCUT2D eigenvalue weighted by atomic mass is 10.3. The number of allylic oxidation sites excluding steroid dienone is 4. The SMILES string of the molecule is C#CC(=C)/C=C\C=C.CC.CCCCC. The minimum Gasteiger partial charge on any atom is -0.115 e. The second kappa shape index (κ2) is 23.0. The molecule has 0 aromatic carbocycles. The minimum absolute atomic E-state index is 0.671. The summed E-state index contributed by atoms with van der Waals surface area (Å²) in [7, 11) is 0. The van der Waals surface area contributed by atoms with Gasteiger partial charge in [-0.2, -0.15) is 0 Å². The smallest absolute Gasteiger partial charge is 0.0170 e. The molecule has 0 heteroatoms. The second-order valence-corrected chi connectivity index (χ2v) is 2.62. The third kappa shape index (κ3) is 32.3. The van der Waals surface area contributed by atoms with Gasteiger partial charge >= 0.3 is 0 Å². The van der Waals surface area contributed by atoms with Crippen LogP contribution in [-0.2, 0) is 0 Å². The van der Waals surface area contributed by atoms with Crippen molar-refractivity contribution in [1.29, 1.82) is 0 Å². The van der Waals surface area contributed by atoms with Crippen molar-refractivity contribution in [2.24, 2.45) is 0 Å². The Morgan fingerprint density at radius 2 is 1.73 bits per heavy atom. The molecule has 0 spiro atoms. The molecule has 0 aromatic heterocycles. The van der Waals surface area contributed by atoms with Crippen LogP contribution in [0, 0.1) is 12.3 Å². The van der Waals surface area contributed by atoms with Gasteiger partial charge in [0.25, 0.3) is 0 Å². The fraction of sp³-hybridized carbons (Fsp3) is 0.467. The summed E-state index contributed by atoms with van der Waals surface area (Å²) in [5.74, 6) is 2.37. The first-order valence-corrected chi connectivity index (χ1v) is 5.67. The molecule has 0 aliphatic rings. The maximum atomic E-state index is 4.98. The van der Waals surface area contributed by atoms with Crippen LogP contribution in [0.2, 0.25) is 0 Å². The molecule has 0 saturated carbocycles. The summed E-state index contributed by atoms with van der Waals surface area (Å²) in [6, 6.07) is 0. The van der Waals surface area contributed by atoms with E-state index in [0.717, 1.165) is 0 Å². The van der Waals surface area contributed by atoms with Gasteiger partial charge in [-0.25, -0.2) is 0 Å². The Labute approximate surface area is 96.8 Å². The maximum absolute atomic E-state index is 4.98. The van der Waals surface area contributed by atoms with Crippen molar-refractivity contribution in [2.75, 3.05) is 0 Å². The van der Waals surface area contributed by atoms with Crippen LogP contribution in [-0.4, -0.2) is 0 Å². The molecule has 15 heavy (non-hydrogen) atoms. The molecule has 0 bridgehead atoms. The van der Waals surface area contributed by atoms with Crippen molar-refractivity contribution in [3.05, 3.63) is 37.0 Å². The van der Waals surface area contributed by atoms with Crippen LogP contribution < -0.4 is 0 Å². The van der Waals surface area contributed by atoms with E-state index < -0.39 is 0 Å². The highest BCUT2D eigenvalue weighted by Crippen LogP contribution is 1.88. The van der Waals surface area contributed by atoms with Crippen LogP contribution in [0.25, 0.3) is 0 Å². The summed E-state index contributed by atoms with van der Waals surface area (Å²) < 4.78 is 0. The lowest BCUT2D eigenvalue weighted by Gasteiger charge is -1.79. The summed E-state index contributed by atoms with van der Waals surface area (Å²) in [5.41, 5.74) is 0.671. The minimum atomic E-state index is 0.671. The van der Waals surface area contributed by atoms with Gasteiger partial charge in [0.1, 0.15) is 0 Å². The van der Waals surface area contributed by atoms with Crippen molar-refractivity contribution in [1.82, 2.24) is 0 Å². The maximum Gasteiger partial charge on any atom is 0.0170 e. The van der Waals surface area contributed by atoms with Gasteiger partial charge in [0.15, 0.2) is 0 Å². The van der Waals surface area contributed by atoms with Crippen LogP contribution in [0.4, 0.5) is 0 Å². The molecule has 0 atom stereocenters. The first-order valence-electron chi connectivity index (χ1n) is 5.67. The van der Waals surface area contributed by atoms with Gasteiger partial charge in [0, 0.05) is 5.57 Å². The van der Waals surface area contributed by atoms with E-state index in [0.29, 0.717) is 5.57 Å². The van der Waals surface area contributed by atoms with Crippen molar-refractivity contribution in [2.45, 2.75) is 47.0 Å². The molecule has 0 aliphatic carbocycles. The van der Waals surface area contributed by atoms with Gasteiger partial charge in [-0.05, 0) is 6.08 Å². The van der Waals surface area contributed by atoms with E-state index in [1.807, 2.05) is 13.8 Å². The highest BCUT2D eigenvalue weighted by atomic mass is 13.8. The van der Waals surface area contributed by atoms with Crippen molar-refractivity contribution in [3.8, 4) is 12.3 Å². The van der Waals surface area contributed by atoms with Crippen LogP contribution in [0.3, 0.4) is 0 Å². The van der Waals surface area contributed by atoms with E-state index in [4.69, 9.17) is 6.42 Å². The summed E-state index contributed by atoms with van der Waals surface area (Å²) in [6.07, 6.45) is 14.2. The molecule has 0 saturated heterocycles. The van der Waals surface area contributed by atoms with Gasteiger partial charge in [-0.1, -0.05) is 78.2 Å². The average Bonchev–Trinajstić information content (AvgIpc) is 2.30. The highest BCUT2D eigenvalue weighted by molar-refractivity contribution is 5.33. The molecule has 0 nitrogen and oxygen atoms in total. The van der Waals surface area contributed by atoms with Crippen LogP contribution in [0.5, 0.6) is 0 Å². The summed E-state index contributed by atoms with van der Waals surface area (Å²) >= 11 is 0. The molecular weight excluding hydrogens is 180 g/mol. The molecular formula is C15H26. The van der Waals surface area contributed by atoms with Crippen LogP contribution in [0.1, 0.15) is 47.0 Å². The Morgan fingerprint density at radius 3 is 1.93 bits per heavy atom. The summed E-state index contributed by atoms with van der Waals surface area (Å²) in [4.78, 5) is 0. The fourth-order valence-electron chi connectivity index (χ4n) is 0.586. The van der Waals surface area contributed by atoms with E-state index in [1.165, 1.54) is 19.3 Å². The van der Waals surface area contributed by atoms with E-state index >= 15 is 0 Å². The number of hydrogen-bond donors (Lipinski definition) is 0.